The minimum absolute atomic E-state index is 0.276. The molecule has 0 aliphatic carbocycles. The molecule has 1 aromatic carbocycles. The van der Waals surface area contributed by atoms with Gasteiger partial charge in [-0.3, -0.25) is 4.79 Å². The number of nitrogens with zero attached hydrogens (tertiary/aromatic N) is 2. The van der Waals surface area contributed by atoms with Gasteiger partial charge in [-0.2, -0.15) is 0 Å². The monoisotopic (exact) mass is 496 g/mol. The highest BCUT2D eigenvalue weighted by atomic mass is 79.9. The normalized spacial score (nSPS) is 12.6. The first-order valence-electron chi connectivity index (χ1n) is 10.0. The van der Waals surface area contributed by atoms with Crippen LogP contribution in [0, 0.1) is 5.82 Å². The molecule has 0 saturated heterocycles. The fraction of sp³-hybridized carbons (Fsp3) is 0.455. The molecule has 1 heterocycles. The van der Waals surface area contributed by atoms with Gasteiger partial charge in [0.15, 0.2) is 0 Å². The number of allylic oxidation sites excluding steroid dienone is 1. The highest BCUT2D eigenvalue weighted by Crippen LogP contribution is 2.31. The van der Waals surface area contributed by atoms with Crippen LogP contribution in [0.2, 0.25) is 25.7 Å². The topological polar surface area (TPSA) is 53.3 Å². The van der Waals surface area contributed by atoms with E-state index in [2.05, 4.69) is 42.1 Å². The average molecular weight is 497 g/mol. The van der Waals surface area contributed by atoms with Crippen molar-refractivity contribution in [2.24, 2.45) is 0 Å². The zero-order valence-electron chi connectivity index (χ0n) is 18.1. The van der Waals surface area contributed by atoms with Gasteiger partial charge in [0.1, 0.15) is 24.3 Å². The van der Waals surface area contributed by atoms with E-state index in [-0.39, 0.29) is 25.1 Å². The third kappa shape index (κ3) is 6.89. The summed E-state index contributed by atoms with van der Waals surface area (Å²) in [7, 11) is -1.21. The molecule has 2 aromatic rings. The molecule has 8 heteroatoms. The van der Waals surface area contributed by atoms with Gasteiger partial charge < -0.3 is 14.0 Å². The van der Waals surface area contributed by atoms with Gasteiger partial charge >= 0.3 is 5.97 Å². The SMILES string of the molecule is C=CCC(C(=O)OCC)c1nc(-c2ccc(F)cc2Br)cn1COCC[Si](C)(C)C. The van der Waals surface area contributed by atoms with Gasteiger partial charge in [-0.15, -0.1) is 6.58 Å². The maximum Gasteiger partial charge on any atom is 0.316 e. The highest BCUT2D eigenvalue weighted by Gasteiger charge is 2.27. The molecular formula is C22H30BrFN2O3Si. The van der Waals surface area contributed by atoms with Gasteiger partial charge in [-0.25, -0.2) is 9.37 Å². The quantitative estimate of drug-likeness (QED) is 0.166. The standard InChI is InChI=1S/C22H30BrFN2O3Si/c1-6-8-18(22(27)29-7-2)21-25-20(17-10-9-16(24)13-19(17)23)14-26(21)15-28-11-12-30(3,4)5/h6,9-10,13-14,18H,1,7-8,11-12,15H2,2-5H3. The Bertz CT molecular complexity index is 880. The lowest BCUT2D eigenvalue weighted by molar-refractivity contribution is -0.145. The van der Waals surface area contributed by atoms with E-state index in [9.17, 15) is 9.18 Å². The van der Waals surface area contributed by atoms with Crippen LogP contribution in [-0.2, 0) is 21.0 Å². The van der Waals surface area contributed by atoms with Crippen LogP contribution in [-0.4, -0.2) is 36.8 Å². The molecule has 0 fully saturated rings. The Kier molecular flexibility index (Phi) is 9.00. The Morgan fingerprint density at radius 3 is 2.73 bits per heavy atom. The van der Waals surface area contributed by atoms with Gasteiger partial charge in [-0.05, 0) is 53.5 Å². The van der Waals surface area contributed by atoms with Crippen molar-refractivity contribution < 1.29 is 18.7 Å². The molecule has 0 bridgehead atoms. The van der Waals surface area contributed by atoms with Gasteiger partial charge in [0.25, 0.3) is 0 Å². The predicted molar refractivity (Wildman–Crippen MR) is 124 cm³/mol. The number of esters is 1. The number of carbonyl (C=O) groups excluding carboxylic acids is 1. The maximum atomic E-state index is 13.5. The minimum atomic E-state index is -1.21. The number of imidazole rings is 1. The summed E-state index contributed by atoms with van der Waals surface area (Å²) in [4.78, 5) is 17.3. The first-order valence-corrected chi connectivity index (χ1v) is 14.5. The molecule has 0 aliphatic heterocycles. The van der Waals surface area contributed by atoms with E-state index in [4.69, 9.17) is 14.5 Å². The third-order valence-corrected chi connectivity index (χ3v) is 6.89. The maximum absolute atomic E-state index is 13.5. The number of ether oxygens (including phenoxy) is 2. The van der Waals surface area contributed by atoms with Crippen molar-refractivity contribution in [3.05, 3.63) is 53.2 Å². The Labute approximate surface area is 187 Å². The molecule has 0 saturated carbocycles. The highest BCUT2D eigenvalue weighted by molar-refractivity contribution is 9.10. The van der Waals surface area contributed by atoms with Crippen molar-refractivity contribution in [2.75, 3.05) is 13.2 Å². The van der Waals surface area contributed by atoms with E-state index in [0.29, 0.717) is 29.0 Å². The van der Waals surface area contributed by atoms with E-state index in [1.165, 1.54) is 12.1 Å². The lowest BCUT2D eigenvalue weighted by Crippen LogP contribution is -2.23. The largest absolute Gasteiger partial charge is 0.465 e. The van der Waals surface area contributed by atoms with Crippen molar-refractivity contribution in [2.45, 2.75) is 51.7 Å². The molecule has 164 valence electrons. The van der Waals surface area contributed by atoms with Gasteiger partial charge in [-0.1, -0.05) is 25.7 Å². The average Bonchev–Trinajstić information content (AvgIpc) is 3.06. The number of carbonyl (C=O) groups is 1. The van der Waals surface area contributed by atoms with E-state index < -0.39 is 14.0 Å². The first-order chi connectivity index (χ1) is 14.2. The Morgan fingerprint density at radius 1 is 1.40 bits per heavy atom. The second-order valence-corrected chi connectivity index (χ2v) is 14.7. The van der Waals surface area contributed by atoms with Crippen LogP contribution >= 0.6 is 15.9 Å². The number of aromatic nitrogens is 2. The molecule has 0 spiro atoms. The zero-order chi connectivity index (χ0) is 22.3. The summed E-state index contributed by atoms with van der Waals surface area (Å²) < 4.78 is 27.1. The third-order valence-electron chi connectivity index (χ3n) is 4.53. The fourth-order valence-electron chi connectivity index (χ4n) is 2.90. The number of benzene rings is 1. The molecule has 2 rings (SSSR count). The fourth-order valence-corrected chi connectivity index (χ4v) is 4.21. The molecule has 1 aromatic heterocycles. The van der Waals surface area contributed by atoms with E-state index >= 15 is 0 Å². The van der Waals surface area contributed by atoms with Crippen molar-refractivity contribution in [1.29, 1.82) is 0 Å². The summed E-state index contributed by atoms with van der Waals surface area (Å²) in [5.74, 6) is -0.726. The molecule has 30 heavy (non-hydrogen) atoms. The van der Waals surface area contributed by atoms with Crippen LogP contribution in [0.5, 0.6) is 0 Å². The van der Waals surface area contributed by atoms with E-state index in [0.717, 1.165) is 11.6 Å². The summed E-state index contributed by atoms with van der Waals surface area (Å²) >= 11 is 3.40. The van der Waals surface area contributed by atoms with Crippen LogP contribution in [0.25, 0.3) is 11.3 Å². The summed E-state index contributed by atoms with van der Waals surface area (Å²) in [5.41, 5.74) is 1.36. The van der Waals surface area contributed by atoms with Crippen molar-refractivity contribution >= 4 is 30.0 Å². The molecule has 0 aliphatic rings. The van der Waals surface area contributed by atoms with Gasteiger partial charge in [0.2, 0.25) is 0 Å². The van der Waals surface area contributed by atoms with E-state index in [1.807, 2.05) is 10.8 Å². The lowest BCUT2D eigenvalue weighted by Gasteiger charge is -2.18. The molecule has 0 radical (unpaired) electrons. The number of hydrogen-bond donors (Lipinski definition) is 0. The van der Waals surface area contributed by atoms with Crippen LogP contribution in [0.4, 0.5) is 4.39 Å². The summed E-state index contributed by atoms with van der Waals surface area (Å²) in [6, 6.07) is 5.48. The number of hydrogen-bond acceptors (Lipinski definition) is 4. The molecule has 5 nitrogen and oxygen atoms in total. The van der Waals surface area contributed by atoms with Crippen LogP contribution in [0.15, 0.2) is 41.5 Å². The van der Waals surface area contributed by atoms with Crippen LogP contribution in [0.3, 0.4) is 0 Å². The second kappa shape index (κ2) is 11.0. The second-order valence-electron chi connectivity index (χ2n) is 8.26. The summed E-state index contributed by atoms with van der Waals surface area (Å²) in [6.07, 6.45) is 3.91. The van der Waals surface area contributed by atoms with Gasteiger partial charge in [0, 0.05) is 30.9 Å². The Hall–Kier alpha value is -1.77. The van der Waals surface area contributed by atoms with Crippen LogP contribution < -0.4 is 0 Å². The van der Waals surface area contributed by atoms with Crippen molar-refractivity contribution in [1.82, 2.24) is 9.55 Å². The van der Waals surface area contributed by atoms with Crippen molar-refractivity contribution in [3.63, 3.8) is 0 Å². The zero-order valence-corrected chi connectivity index (χ0v) is 20.7. The minimum Gasteiger partial charge on any atom is -0.465 e. The Morgan fingerprint density at radius 2 is 2.13 bits per heavy atom. The predicted octanol–water partition coefficient (Wildman–Crippen LogP) is 5.99. The Balaban J connectivity index is 2.39. The molecule has 1 unspecified atom stereocenters. The summed E-state index contributed by atoms with van der Waals surface area (Å²) in [6.45, 7) is 13.6. The first kappa shape index (κ1) is 24.5. The molecule has 1 atom stereocenters. The summed E-state index contributed by atoms with van der Waals surface area (Å²) in [5, 5.41) is 0. The molecule has 0 amide bonds. The number of rotatable bonds is 11. The van der Waals surface area contributed by atoms with Crippen molar-refractivity contribution in [3.8, 4) is 11.3 Å². The lowest BCUT2D eigenvalue weighted by atomic mass is 10.1. The smallest absolute Gasteiger partial charge is 0.316 e. The van der Waals surface area contributed by atoms with Gasteiger partial charge in [0.05, 0.1) is 12.3 Å². The van der Waals surface area contributed by atoms with Crippen LogP contribution in [0.1, 0.15) is 25.1 Å². The molecule has 0 N–H and O–H groups in total. The molecular weight excluding hydrogens is 467 g/mol. The van der Waals surface area contributed by atoms with E-state index in [1.54, 1.807) is 19.1 Å². The number of halogens is 2.